The Balaban J connectivity index is 1.62. The van der Waals surface area contributed by atoms with Crippen LogP contribution in [0.5, 0.6) is 0 Å². The molecule has 0 amide bonds. The molecule has 3 saturated carbocycles. The van der Waals surface area contributed by atoms with Gasteiger partial charge in [0, 0.05) is 16.7 Å². The molecule has 3 N–H and O–H groups in total. The Kier molecular flexibility index (Phi) is 5.12. The first-order chi connectivity index (χ1) is 15.5. The number of hydrogen-bond donors (Lipinski definition) is 2. The molecule has 5 aliphatic rings. The number of fused-ring (bicyclic) bond motifs is 7. The van der Waals surface area contributed by atoms with Gasteiger partial charge in [0.25, 0.3) is 0 Å². The third kappa shape index (κ3) is 2.61. The van der Waals surface area contributed by atoms with Crippen molar-refractivity contribution in [2.45, 2.75) is 88.8 Å². The van der Waals surface area contributed by atoms with Gasteiger partial charge in [-0.05, 0) is 56.3 Å². The van der Waals surface area contributed by atoms with Crippen molar-refractivity contribution in [1.29, 1.82) is 0 Å². The number of hydrogen-bond acceptors (Lipinski definition) is 6. The number of ether oxygens (including phenoxy) is 2. The maximum atomic E-state index is 17.2. The molecule has 10 atom stereocenters. The number of halogens is 2. The van der Waals surface area contributed by atoms with E-state index in [0.717, 1.165) is 6.42 Å². The smallest absolute Gasteiger partial charge is 0.181 e. The fourth-order valence-corrected chi connectivity index (χ4v) is 8.04. The average Bonchev–Trinajstić information content (AvgIpc) is 3.24. The molecule has 1 saturated heterocycles. The van der Waals surface area contributed by atoms with Gasteiger partial charge in [-0.25, -0.2) is 8.78 Å². The summed E-state index contributed by atoms with van der Waals surface area (Å²) in [6.45, 7) is 5.13. The second-order valence-electron chi connectivity index (χ2n) is 10.9. The number of nitrogens with two attached hydrogens (primary N) is 1. The molecule has 1 aliphatic heterocycles. The molecule has 0 aromatic carbocycles. The van der Waals surface area contributed by atoms with Crippen molar-refractivity contribution in [2.24, 2.45) is 28.4 Å². The minimum absolute atomic E-state index is 0.0449. The van der Waals surface area contributed by atoms with Crippen molar-refractivity contribution >= 4 is 11.6 Å². The predicted molar refractivity (Wildman–Crippen MR) is 115 cm³/mol. The third-order valence-electron chi connectivity index (χ3n) is 9.55. The Bertz CT molecular complexity index is 953. The fraction of sp³-hybridized carbons (Fsp3) is 0.760. The van der Waals surface area contributed by atoms with Crippen LogP contribution in [0.15, 0.2) is 23.8 Å². The molecule has 1 heterocycles. The third-order valence-corrected chi connectivity index (χ3v) is 9.55. The first kappa shape index (κ1) is 23.3. The Hall–Kier alpha value is -1.48. The van der Waals surface area contributed by atoms with Gasteiger partial charge in [0.2, 0.25) is 0 Å². The van der Waals surface area contributed by atoms with E-state index >= 15 is 8.78 Å². The molecule has 33 heavy (non-hydrogen) atoms. The monoisotopic (exact) mass is 465 g/mol. The van der Waals surface area contributed by atoms with Gasteiger partial charge in [0.1, 0.15) is 6.17 Å². The van der Waals surface area contributed by atoms with Crippen molar-refractivity contribution in [3.05, 3.63) is 23.8 Å². The van der Waals surface area contributed by atoms with E-state index in [1.807, 2.05) is 13.8 Å². The van der Waals surface area contributed by atoms with Gasteiger partial charge < -0.3 is 20.3 Å². The number of aliphatic hydroxyl groups is 1. The van der Waals surface area contributed by atoms with E-state index in [0.29, 0.717) is 12.8 Å². The standard InChI is InChI=1S/C25H33F2NO5/c1-4-5-21-32-20-10-14-15-9-17(26)16-8-13(29)6-7-22(16,2)24(15,27)18(30)11-23(14,3)25(20,33-21)19(31)12-28/h6-8,14-15,17-18,20-21,30H,4-5,9-12,28H2,1-3H3/t14-,15?,17-,18-,20?,21?,22-,23-,24-,25+/m0/s1. The minimum atomic E-state index is -2.20. The molecule has 5 rings (SSSR count). The van der Waals surface area contributed by atoms with Crippen LogP contribution in [0, 0.1) is 22.7 Å². The van der Waals surface area contributed by atoms with Gasteiger partial charge >= 0.3 is 0 Å². The second kappa shape index (κ2) is 7.26. The van der Waals surface area contributed by atoms with E-state index in [1.165, 1.54) is 18.2 Å². The van der Waals surface area contributed by atoms with Gasteiger partial charge in [-0.2, -0.15) is 0 Å². The van der Waals surface area contributed by atoms with Crippen LogP contribution in [-0.4, -0.2) is 59.2 Å². The highest BCUT2D eigenvalue weighted by Gasteiger charge is 2.79. The number of rotatable bonds is 4. The number of carbonyl (C=O) groups is 2. The van der Waals surface area contributed by atoms with Crippen LogP contribution in [0.3, 0.4) is 0 Å². The summed E-state index contributed by atoms with van der Waals surface area (Å²) in [6, 6.07) is 0. The number of ketones is 2. The molecule has 3 unspecified atom stereocenters. The Morgan fingerprint density at radius 2 is 2.03 bits per heavy atom. The molecule has 8 heteroatoms. The van der Waals surface area contributed by atoms with E-state index in [-0.39, 0.29) is 36.5 Å². The lowest BCUT2D eigenvalue weighted by Crippen LogP contribution is -2.71. The molecule has 0 radical (unpaired) electrons. The lowest BCUT2D eigenvalue weighted by atomic mass is 9.44. The summed E-state index contributed by atoms with van der Waals surface area (Å²) in [6.07, 6.45) is 1.15. The lowest BCUT2D eigenvalue weighted by Gasteiger charge is -2.63. The zero-order valence-electron chi connectivity index (χ0n) is 19.4. The molecule has 6 nitrogen and oxygen atoms in total. The maximum absolute atomic E-state index is 17.2. The normalized spacial score (nSPS) is 52.6. The highest BCUT2D eigenvalue weighted by Crippen LogP contribution is 2.72. The first-order valence-corrected chi connectivity index (χ1v) is 12.0. The largest absolute Gasteiger partial charge is 0.390 e. The maximum Gasteiger partial charge on any atom is 0.181 e. The first-order valence-electron chi connectivity index (χ1n) is 12.0. The summed E-state index contributed by atoms with van der Waals surface area (Å²) in [4.78, 5) is 25.3. The van der Waals surface area contributed by atoms with Crippen LogP contribution in [0.4, 0.5) is 8.78 Å². The van der Waals surface area contributed by atoms with Crippen LogP contribution in [0.1, 0.15) is 52.9 Å². The molecule has 4 fully saturated rings. The van der Waals surface area contributed by atoms with Crippen molar-refractivity contribution in [2.75, 3.05) is 6.54 Å². The molecule has 4 aliphatic carbocycles. The highest BCUT2D eigenvalue weighted by molar-refractivity contribution is 6.01. The van der Waals surface area contributed by atoms with Crippen LogP contribution in [-0.2, 0) is 19.1 Å². The molecular weight excluding hydrogens is 432 g/mol. The topological polar surface area (TPSA) is 98.9 Å². The number of alkyl halides is 2. The van der Waals surface area contributed by atoms with Crippen LogP contribution in [0.2, 0.25) is 0 Å². The van der Waals surface area contributed by atoms with Crippen LogP contribution in [0.25, 0.3) is 0 Å². The summed E-state index contributed by atoms with van der Waals surface area (Å²) in [5.74, 6) is -2.05. The van der Waals surface area contributed by atoms with Crippen molar-refractivity contribution in [3.63, 3.8) is 0 Å². The average molecular weight is 466 g/mol. The predicted octanol–water partition coefficient (Wildman–Crippen LogP) is 2.72. The fourth-order valence-electron chi connectivity index (χ4n) is 8.04. The Morgan fingerprint density at radius 1 is 1.30 bits per heavy atom. The second-order valence-corrected chi connectivity index (χ2v) is 10.9. The van der Waals surface area contributed by atoms with Crippen molar-refractivity contribution in [3.8, 4) is 0 Å². The van der Waals surface area contributed by atoms with E-state index in [2.05, 4.69) is 0 Å². The van der Waals surface area contributed by atoms with Crippen LogP contribution >= 0.6 is 0 Å². The highest BCUT2D eigenvalue weighted by atomic mass is 19.1. The van der Waals surface area contributed by atoms with E-state index in [1.54, 1.807) is 6.92 Å². The Morgan fingerprint density at radius 3 is 2.70 bits per heavy atom. The van der Waals surface area contributed by atoms with Gasteiger partial charge in [-0.1, -0.05) is 26.3 Å². The number of carbonyl (C=O) groups excluding carboxylic acids is 2. The number of allylic oxidation sites excluding steroid dienone is 4. The van der Waals surface area contributed by atoms with E-state index in [9.17, 15) is 14.7 Å². The molecule has 0 aromatic rings. The van der Waals surface area contributed by atoms with Crippen molar-refractivity contribution in [1.82, 2.24) is 0 Å². The van der Waals surface area contributed by atoms with E-state index < -0.39 is 58.6 Å². The number of aliphatic hydroxyl groups excluding tert-OH is 1. The number of Topliss-reactive ketones (excluding diaryl/α,β-unsaturated/α-hetero) is 1. The minimum Gasteiger partial charge on any atom is -0.390 e. The molecule has 0 aromatic heterocycles. The quantitative estimate of drug-likeness (QED) is 0.663. The van der Waals surface area contributed by atoms with Gasteiger partial charge in [0.15, 0.2) is 29.1 Å². The SMILES string of the molecule is CCCC1OC2C[C@H]3C4C[C@H](F)C5=CC(=O)C=C[C@]5(C)[C@@]4(F)[C@@H](O)C[C@]3(C)[C@]2(C(=O)CN)O1. The Labute approximate surface area is 192 Å². The summed E-state index contributed by atoms with van der Waals surface area (Å²) < 4.78 is 45.2. The summed E-state index contributed by atoms with van der Waals surface area (Å²) >= 11 is 0. The van der Waals surface area contributed by atoms with Crippen LogP contribution < -0.4 is 5.73 Å². The van der Waals surface area contributed by atoms with Gasteiger partial charge in [0.05, 0.1) is 18.8 Å². The summed E-state index contributed by atoms with van der Waals surface area (Å²) in [5.41, 5.74) is -0.130. The van der Waals surface area contributed by atoms with Gasteiger partial charge in [-0.3, -0.25) is 9.59 Å². The van der Waals surface area contributed by atoms with Gasteiger partial charge in [-0.15, -0.1) is 0 Å². The zero-order valence-corrected chi connectivity index (χ0v) is 19.4. The zero-order chi connectivity index (χ0) is 24.0. The molecule has 0 spiro atoms. The van der Waals surface area contributed by atoms with Crippen molar-refractivity contribution < 1.29 is 33.0 Å². The molecule has 182 valence electrons. The van der Waals surface area contributed by atoms with E-state index in [4.69, 9.17) is 15.2 Å². The summed E-state index contributed by atoms with van der Waals surface area (Å²) in [5, 5.41) is 11.4. The molecule has 0 bridgehead atoms. The summed E-state index contributed by atoms with van der Waals surface area (Å²) in [7, 11) is 0. The lowest BCUT2D eigenvalue weighted by molar-refractivity contribution is -0.233. The molecular formula is C25H33F2NO5.